The van der Waals surface area contributed by atoms with Crippen LogP contribution in [-0.2, 0) is 17.6 Å². The molecular formula is C24H33N9O5+2. The van der Waals surface area contributed by atoms with Crippen molar-refractivity contribution in [1.82, 2.24) is 25.8 Å². The lowest BCUT2D eigenvalue weighted by atomic mass is 9.84. The van der Waals surface area contributed by atoms with Gasteiger partial charge in [-0.2, -0.15) is 0 Å². The Labute approximate surface area is 218 Å². The summed E-state index contributed by atoms with van der Waals surface area (Å²) in [4.78, 5) is 43.8. The van der Waals surface area contributed by atoms with Crippen molar-refractivity contribution >= 4 is 29.8 Å². The number of benzene rings is 1. The van der Waals surface area contributed by atoms with Gasteiger partial charge in [0.1, 0.15) is 18.6 Å². The Morgan fingerprint density at radius 1 is 1.26 bits per heavy atom. The van der Waals surface area contributed by atoms with Crippen molar-refractivity contribution in [2.75, 3.05) is 26.7 Å². The van der Waals surface area contributed by atoms with E-state index in [9.17, 15) is 24.6 Å². The maximum atomic E-state index is 13.4. The highest BCUT2D eigenvalue weighted by molar-refractivity contribution is 6.02. The van der Waals surface area contributed by atoms with Crippen LogP contribution in [0.15, 0.2) is 18.2 Å². The minimum Gasteiger partial charge on any atom is -0.358 e. The maximum Gasteiger partial charge on any atom is 0.347 e. The minimum atomic E-state index is -2.56. The number of imide groups is 1. The van der Waals surface area contributed by atoms with Gasteiger partial charge in [-0.05, 0) is 42.9 Å². The average molecular weight is 528 g/mol. The molecule has 0 bridgehead atoms. The van der Waals surface area contributed by atoms with Crippen LogP contribution in [0.2, 0.25) is 0 Å². The van der Waals surface area contributed by atoms with E-state index in [-0.39, 0.29) is 37.5 Å². The van der Waals surface area contributed by atoms with Crippen molar-refractivity contribution in [1.29, 1.82) is 0 Å². The molecule has 14 nitrogen and oxygen atoms in total. The first-order valence-electron chi connectivity index (χ1n) is 12.8. The van der Waals surface area contributed by atoms with Crippen LogP contribution in [0.5, 0.6) is 0 Å². The molecule has 0 aromatic heterocycles. The van der Waals surface area contributed by atoms with Crippen LogP contribution in [0.25, 0.3) is 0 Å². The van der Waals surface area contributed by atoms with Crippen molar-refractivity contribution in [3.05, 3.63) is 34.9 Å². The number of nitrogens with two attached hydrogens (primary N) is 2. The number of likely N-dealkylation sites (N-methyl/N-ethyl adjacent to an activating group) is 1. The first-order chi connectivity index (χ1) is 18.0. The smallest absolute Gasteiger partial charge is 0.347 e. The first-order valence-corrected chi connectivity index (χ1v) is 12.8. The zero-order valence-corrected chi connectivity index (χ0v) is 21.0. The van der Waals surface area contributed by atoms with Crippen LogP contribution >= 0.6 is 0 Å². The minimum absolute atomic E-state index is 0.0396. The van der Waals surface area contributed by atoms with Crippen LogP contribution in [0.4, 0.5) is 4.79 Å². The van der Waals surface area contributed by atoms with E-state index in [1.165, 1.54) is 16.5 Å². The van der Waals surface area contributed by atoms with Gasteiger partial charge in [-0.25, -0.2) is 14.7 Å². The number of aryl methyl sites for hydroxylation is 1. The molecule has 4 heterocycles. The van der Waals surface area contributed by atoms with Crippen molar-refractivity contribution in [3.63, 3.8) is 0 Å². The molecular weight excluding hydrogens is 494 g/mol. The van der Waals surface area contributed by atoms with Gasteiger partial charge in [0.25, 0.3) is 17.4 Å². The second kappa shape index (κ2) is 8.30. The Hall–Kier alpha value is -3.91. The summed E-state index contributed by atoms with van der Waals surface area (Å²) in [7, 11) is 1.53. The first kappa shape index (κ1) is 24.4. The summed E-state index contributed by atoms with van der Waals surface area (Å²) in [6.07, 6.45) is 3.76. The number of nitrogens with one attached hydrogen (secondary N) is 4. The number of amides is 4. The lowest BCUT2D eigenvalue weighted by molar-refractivity contribution is -0.674. The van der Waals surface area contributed by atoms with Crippen molar-refractivity contribution < 1.29 is 34.2 Å². The van der Waals surface area contributed by atoms with Crippen LogP contribution in [0, 0.1) is 0 Å². The normalized spacial score (nSPS) is 31.3. The summed E-state index contributed by atoms with van der Waals surface area (Å²) in [6.45, 7) is -0.176. The molecule has 5 aliphatic rings. The highest BCUT2D eigenvalue weighted by Crippen LogP contribution is 2.38. The summed E-state index contributed by atoms with van der Waals surface area (Å²) in [5.74, 6) is -3.19. The predicted octanol–water partition coefficient (Wildman–Crippen LogP) is -5.39. The molecule has 10 N–H and O–H groups in total. The summed E-state index contributed by atoms with van der Waals surface area (Å²) in [5, 5.41) is 32.2. The Kier molecular flexibility index (Phi) is 5.33. The van der Waals surface area contributed by atoms with Crippen LogP contribution in [0.3, 0.4) is 0 Å². The lowest BCUT2D eigenvalue weighted by Gasteiger charge is -2.41. The third-order valence-electron chi connectivity index (χ3n) is 8.51. The van der Waals surface area contributed by atoms with Gasteiger partial charge in [-0.1, -0.05) is 12.1 Å². The van der Waals surface area contributed by atoms with Gasteiger partial charge in [0.15, 0.2) is 6.04 Å². The third kappa shape index (κ3) is 3.29. The topological polar surface area (TPSA) is 203 Å². The molecule has 1 aromatic rings. The van der Waals surface area contributed by atoms with Gasteiger partial charge < -0.3 is 20.4 Å². The molecule has 4 aliphatic heterocycles. The second-order valence-corrected chi connectivity index (χ2v) is 10.7. The van der Waals surface area contributed by atoms with E-state index in [0.29, 0.717) is 5.56 Å². The highest BCUT2D eigenvalue weighted by Gasteiger charge is 2.78. The number of urea groups is 1. The number of nitrogens with zero attached hydrogens (tertiary/aromatic N) is 3. The van der Waals surface area contributed by atoms with Crippen LogP contribution in [0.1, 0.15) is 34.3 Å². The molecule has 14 heteroatoms. The Morgan fingerprint density at radius 2 is 2.03 bits per heavy atom. The van der Waals surface area contributed by atoms with Crippen molar-refractivity contribution in [2.24, 2.45) is 11.5 Å². The third-order valence-corrected chi connectivity index (χ3v) is 8.51. The van der Waals surface area contributed by atoms with Gasteiger partial charge >= 0.3 is 18.0 Å². The summed E-state index contributed by atoms with van der Waals surface area (Å²) in [6, 6.07) is 2.42. The van der Waals surface area contributed by atoms with Gasteiger partial charge in [0, 0.05) is 12.6 Å². The molecule has 2 unspecified atom stereocenters. The zero-order chi connectivity index (χ0) is 27.0. The number of carbonyl (C=O) groups excluding carboxylic acids is 3. The average Bonchev–Trinajstić information content (AvgIpc) is 3.44. The van der Waals surface area contributed by atoms with Crippen molar-refractivity contribution in [2.45, 2.75) is 55.3 Å². The summed E-state index contributed by atoms with van der Waals surface area (Å²) >= 11 is 0. The molecule has 2 saturated heterocycles. The molecule has 202 valence electrons. The molecule has 1 spiro atoms. The largest absolute Gasteiger partial charge is 0.358 e. The molecule has 1 aromatic carbocycles. The van der Waals surface area contributed by atoms with E-state index < -0.39 is 41.5 Å². The second-order valence-electron chi connectivity index (χ2n) is 10.7. The summed E-state index contributed by atoms with van der Waals surface area (Å²) in [5.41, 5.74) is 13.4. The van der Waals surface area contributed by atoms with E-state index >= 15 is 0 Å². The summed E-state index contributed by atoms with van der Waals surface area (Å²) < 4.78 is 1.52. The number of carbonyl (C=O) groups is 3. The Bertz CT molecular complexity index is 1310. The highest BCUT2D eigenvalue weighted by atomic mass is 16.5. The number of guanidine groups is 2. The molecule has 4 atom stereocenters. The van der Waals surface area contributed by atoms with E-state index in [1.54, 1.807) is 6.07 Å². The van der Waals surface area contributed by atoms with Crippen LogP contribution < -0.4 is 32.4 Å². The zero-order valence-electron chi connectivity index (χ0n) is 21.0. The van der Waals surface area contributed by atoms with Gasteiger partial charge in [0.05, 0.1) is 13.1 Å². The maximum absolute atomic E-state index is 13.4. The quantitative estimate of drug-likeness (QED) is 0.107. The predicted molar refractivity (Wildman–Crippen MR) is 132 cm³/mol. The molecule has 0 saturated carbocycles. The van der Waals surface area contributed by atoms with Gasteiger partial charge in [-0.15, -0.1) is 0 Å². The molecule has 2 fully saturated rings. The molecule has 6 rings (SSSR count). The van der Waals surface area contributed by atoms with Gasteiger partial charge in [-0.3, -0.25) is 36.3 Å². The number of aliphatic hydroxyl groups is 2. The van der Waals surface area contributed by atoms with E-state index in [4.69, 9.17) is 11.5 Å². The van der Waals surface area contributed by atoms with Crippen molar-refractivity contribution in [3.8, 4) is 0 Å². The Morgan fingerprint density at radius 3 is 2.76 bits per heavy atom. The number of rotatable bonds is 4. The fourth-order valence-electron chi connectivity index (χ4n) is 6.67. The Balaban J connectivity index is 1.31. The molecule has 0 radical (unpaired) electrons. The molecule has 4 amide bonds. The van der Waals surface area contributed by atoms with Gasteiger partial charge in [0.2, 0.25) is 5.91 Å². The fraction of sp³-hybridized carbons (Fsp3) is 0.542. The SMILES string of the molecule is CN1CC(=O)N(C[C@@H]2NC(N)=[N+]3CC(NC(=O)c4cccc5c4CCCC5)C(O)(O)C34NC(N)=[NH+][C@@H]24)C1=O. The fourth-order valence-corrected chi connectivity index (χ4v) is 6.67. The van der Waals surface area contributed by atoms with E-state index in [0.717, 1.165) is 41.7 Å². The molecule has 1 aliphatic carbocycles. The number of hydrogen-bond donors (Lipinski definition) is 8. The number of fused-ring (bicyclic) bond motifs is 1. The monoisotopic (exact) mass is 527 g/mol. The lowest BCUT2D eigenvalue weighted by Crippen LogP contribution is -2.92. The van der Waals surface area contributed by atoms with E-state index in [2.05, 4.69) is 20.9 Å². The molecule has 38 heavy (non-hydrogen) atoms. The number of hydrogen-bond acceptors (Lipinski definition) is 9. The van der Waals surface area contributed by atoms with Crippen LogP contribution in [-0.4, -0.2) is 111 Å². The standard InChI is InChI=1S/C24H31N9O5/c1-31-11-17(34)32(22(31)36)9-15-18-23(30-20(25)29-18)24(37,38)16(10-33(23)21(26)27-15)28-19(35)14-8-4-6-12-5-2-3-7-13(12)14/h4,6,8,15-16,18,37-38H,2-3,5,7,9-11H2,1H3,(H6,25,26,27,28,29,30,35)/p+2/t15-,16?,18-,23?/m0/s1. The van der Waals surface area contributed by atoms with E-state index in [1.807, 2.05) is 12.1 Å².